The summed E-state index contributed by atoms with van der Waals surface area (Å²) >= 11 is 0. The van der Waals surface area contributed by atoms with Crippen LogP contribution in [0.25, 0.3) is 0 Å². The van der Waals surface area contributed by atoms with Gasteiger partial charge in [0.2, 0.25) is 5.91 Å². The molecule has 2 aromatic carbocycles. The lowest BCUT2D eigenvalue weighted by molar-refractivity contribution is -0.141. The second-order valence-electron chi connectivity index (χ2n) is 5.40. The highest BCUT2D eigenvalue weighted by atomic mass is 19.2. The molecule has 2 N–H and O–H groups in total. The number of carbonyl (C=O) groups excluding carboxylic acids is 1. The van der Waals surface area contributed by atoms with E-state index in [1.54, 1.807) is 24.3 Å². The average molecular weight is 349 g/mol. The number of halogens is 2. The molecule has 0 aliphatic rings. The minimum Gasteiger partial charge on any atom is -0.496 e. The van der Waals surface area contributed by atoms with E-state index < -0.39 is 29.6 Å². The highest BCUT2D eigenvalue weighted by Gasteiger charge is 2.22. The number of rotatable bonds is 7. The largest absolute Gasteiger partial charge is 0.496 e. The summed E-state index contributed by atoms with van der Waals surface area (Å²) in [4.78, 5) is 23.5. The predicted molar refractivity (Wildman–Crippen MR) is 86.3 cm³/mol. The molecule has 5 nitrogen and oxygen atoms in total. The number of para-hydroxylation sites is 1. The molecule has 132 valence electrons. The maximum Gasteiger partial charge on any atom is 0.326 e. The lowest BCUT2D eigenvalue weighted by Gasteiger charge is -2.16. The Morgan fingerprint density at radius 3 is 2.52 bits per heavy atom. The number of benzene rings is 2. The predicted octanol–water partition coefficient (Wildman–Crippen LogP) is 2.33. The van der Waals surface area contributed by atoms with Gasteiger partial charge in [0.15, 0.2) is 11.6 Å². The third kappa shape index (κ3) is 5.00. The number of ether oxygens (including phenoxy) is 1. The molecule has 0 saturated heterocycles. The molecule has 0 radical (unpaired) electrons. The van der Waals surface area contributed by atoms with Gasteiger partial charge in [-0.15, -0.1) is 0 Å². The second kappa shape index (κ2) is 8.23. The number of hydrogen-bond donors (Lipinski definition) is 2. The van der Waals surface area contributed by atoms with Gasteiger partial charge >= 0.3 is 5.97 Å². The Kier molecular flexibility index (Phi) is 6.05. The van der Waals surface area contributed by atoms with E-state index in [9.17, 15) is 23.5 Å². The Hall–Kier alpha value is -2.96. The number of aliphatic carboxylic acids is 1. The van der Waals surface area contributed by atoms with Gasteiger partial charge in [-0.25, -0.2) is 13.6 Å². The molecule has 0 aliphatic heterocycles. The monoisotopic (exact) mass is 349 g/mol. The third-order valence-electron chi connectivity index (χ3n) is 3.60. The number of hydrogen-bond acceptors (Lipinski definition) is 3. The first-order valence-electron chi connectivity index (χ1n) is 7.48. The summed E-state index contributed by atoms with van der Waals surface area (Å²) in [5, 5.41) is 11.7. The molecule has 0 aromatic heterocycles. The van der Waals surface area contributed by atoms with Gasteiger partial charge in [-0.05, 0) is 29.3 Å². The summed E-state index contributed by atoms with van der Waals surface area (Å²) in [7, 11) is 1.47. The highest BCUT2D eigenvalue weighted by molar-refractivity contribution is 5.85. The Morgan fingerprint density at radius 2 is 1.88 bits per heavy atom. The van der Waals surface area contributed by atoms with Crippen LogP contribution in [0.15, 0.2) is 42.5 Å². The van der Waals surface area contributed by atoms with E-state index in [0.717, 1.165) is 12.1 Å². The van der Waals surface area contributed by atoms with Crippen LogP contribution in [0.1, 0.15) is 11.1 Å². The van der Waals surface area contributed by atoms with Crippen molar-refractivity contribution in [3.8, 4) is 5.75 Å². The van der Waals surface area contributed by atoms with Crippen LogP contribution in [0.5, 0.6) is 5.75 Å². The number of amides is 1. The first kappa shape index (κ1) is 18.4. The van der Waals surface area contributed by atoms with Crippen molar-refractivity contribution in [1.82, 2.24) is 5.32 Å². The van der Waals surface area contributed by atoms with Gasteiger partial charge in [0, 0.05) is 6.42 Å². The zero-order chi connectivity index (χ0) is 18.4. The first-order chi connectivity index (χ1) is 11.9. The highest BCUT2D eigenvalue weighted by Crippen LogP contribution is 2.19. The van der Waals surface area contributed by atoms with Gasteiger partial charge in [0.05, 0.1) is 13.5 Å². The number of carboxylic acid groups (broad SMARTS) is 1. The second-order valence-corrected chi connectivity index (χ2v) is 5.40. The molecule has 0 unspecified atom stereocenters. The van der Waals surface area contributed by atoms with Crippen LogP contribution in [0.3, 0.4) is 0 Å². The van der Waals surface area contributed by atoms with Crippen LogP contribution >= 0.6 is 0 Å². The van der Waals surface area contributed by atoms with Crippen molar-refractivity contribution in [2.75, 3.05) is 7.11 Å². The normalized spacial score (nSPS) is 11.6. The Balaban J connectivity index is 2.06. The molecule has 2 aromatic rings. The Morgan fingerprint density at radius 1 is 1.16 bits per heavy atom. The van der Waals surface area contributed by atoms with Gasteiger partial charge in [-0.1, -0.05) is 24.3 Å². The van der Waals surface area contributed by atoms with Crippen molar-refractivity contribution < 1.29 is 28.2 Å². The van der Waals surface area contributed by atoms with Crippen molar-refractivity contribution in [3.63, 3.8) is 0 Å². The zero-order valence-corrected chi connectivity index (χ0v) is 13.5. The van der Waals surface area contributed by atoms with Crippen LogP contribution in [0, 0.1) is 11.6 Å². The number of carboxylic acids is 1. The molecule has 0 saturated carbocycles. The smallest absolute Gasteiger partial charge is 0.326 e. The van der Waals surface area contributed by atoms with Crippen molar-refractivity contribution in [3.05, 3.63) is 65.2 Å². The molecule has 0 aliphatic carbocycles. The fraction of sp³-hybridized carbons (Fsp3) is 0.222. The maximum absolute atomic E-state index is 13.2. The van der Waals surface area contributed by atoms with Gasteiger partial charge in [0.1, 0.15) is 11.8 Å². The molecule has 25 heavy (non-hydrogen) atoms. The molecule has 2 rings (SSSR count). The standard InChI is InChI=1S/C18H17F2NO4/c1-25-16-5-3-2-4-12(16)10-15(18(23)24)21-17(22)9-11-6-7-13(19)14(20)8-11/h2-8,15H,9-10H2,1H3,(H,21,22)(H,23,24)/t15-/m0/s1. The van der Waals surface area contributed by atoms with E-state index in [4.69, 9.17) is 4.74 Å². The molecular formula is C18H17F2NO4. The molecule has 1 atom stereocenters. The molecule has 0 fully saturated rings. The van der Waals surface area contributed by atoms with Crippen LogP contribution in [0.4, 0.5) is 8.78 Å². The molecule has 0 bridgehead atoms. The van der Waals surface area contributed by atoms with Crippen LogP contribution in [0.2, 0.25) is 0 Å². The maximum atomic E-state index is 13.2. The fourth-order valence-corrected chi connectivity index (χ4v) is 2.37. The quantitative estimate of drug-likeness (QED) is 0.804. The lowest BCUT2D eigenvalue weighted by atomic mass is 10.0. The van der Waals surface area contributed by atoms with E-state index in [-0.39, 0.29) is 18.4 Å². The molecule has 0 spiro atoms. The van der Waals surface area contributed by atoms with Crippen molar-refractivity contribution in [1.29, 1.82) is 0 Å². The van der Waals surface area contributed by atoms with Gasteiger partial charge < -0.3 is 15.2 Å². The van der Waals surface area contributed by atoms with Crippen molar-refractivity contribution in [2.24, 2.45) is 0 Å². The summed E-state index contributed by atoms with van der Waals surface area (Å²) < 4.78 is 31.2. The molecule has 1 amide bonds. The zero-order valence-electron chi connectivity index (χ0n) is 13.5. The van der Waals surface area contributed by atoms with E-state index in [0.29, 0.717) is 11.3 Å². The summed E-state index contributed by atoms with van der Waals surface area (Å²) in [5.74, 6) is -3.36. The molecule has 7 heteroatoms. The number of nitrogens with one attached hydrogen (secondary N) is 1. The number of carbonyl (C=O) groups is 2. The van der Waals surface area contributed by atoms with Gasteiger partial charge in [0.25, 0.3) is 0 Å². The average Bonchev–Trinajstić information content (AvgIpc) is 2.58. The SMILES string of the molecule is COc1ccccc1C[C@H](NC(=O)Cc1ccc(F)c(F)c1)C(=O)O. The van der Waals surface area contributed by atoms with Crippen molar-refractivity contribution >= 4 is 11.9 Å². The van der Waals surface area contributed by atoms with E-state index >= 15 is 0 Å². The summed E-state index contributed by atoms with van der Waals surface area (Å²) in [6.07, 6.45) is -0.226. The molecule has 0 heterocycles. The van der Waals surface area contributed by atoms with E-state index in [1.165, 1.54) is 13.2 Å². The minimum atomic E-state index is -1.20. The fourth-order valence-electron chi connectivity index (χ4n) is 2.37. The first-order valence-corrected chi connectivity index (χ1v) is 7.48. The molecular weight excluding hydrogens is 332 g/mol. The van der Waals surface area contributed by atoms with E-state index in [1.807, 2.05) is 0 Å². The Bertz CT molecular complexity index is 779. The van der Waals surface area contributed by atoms with Crippen LogP contribution in [-0.4, -0.2) is 30.1 Å². The van der Waals surface area contributed by atoms with Crippen LogP contribution < -0.4 is 10.1 Å². The summed E-state index contributed by atoms with van der Waals surface area (Å²) in [6.45, 7) is 0. The third-order valence-corrected chi connectivity index (χ3v) is 3.60. The summed E-state index contributed by atoms with van der Waals surface area (Å²) in [6, 6.07) is 8.81. The lowest BCUT2D eigenvalue weighted by Crippen LogP contribution is -2.43. The van der Waals surface area contributed by atoms with Crippen LogP contribution in [-0.2, 0) is 22.4 Å². The summed E-state index contributed by atoms with van der Waals surface area (Å²) in [5.41, 5.74) is 0.878. The Labute approximate surface area is 143 Å². The van der Waals surface area contributed by atoms with E-state index in [2.05, 4.69) is 5.32 Å². The van der Waals surface area contributed by atoms with Crippen molar-refractivity contribution in [2.45, 2.75) is 18.9 Å². The minimum absolute atomic E-state index is 0.0306. The topological polar surface area (TPSA) is 75.6 Å². The number of methoxy groups -OCH3 is 1. The van der Waals surface area contributed by atoms with Gasteiger partial charge in [-0.2, -0.15) is 0 Å². The van der Waals surface area contributed by atoms with Gasteiger partial charge in [-0.3, -0.25) is 4.79 Å².